The average molecular weight is 576 g/mol. The Morgan fingerprint density at radius 2 is 1.49 bits per heavy atom. The molecule has 1 aromatic rings. The normalized spacial score (nSPS) is 12.7. The van der Waals surface area contributed by atoms with Crippen molar-refractivity contribution in [3.8, 4) is 0 Å². The molecule has 9 heteroatoms. The van der Waals surface area contributed by atoms with Gasteiger partial charge in [0.15, 0.2) is 0 Å². The number of aldehydes is 1. The molecular weight excluding hydrogens is 522 g/mol. The maximum atomic E-state index is 13.6. The van der Waals surface area contributed by atoms with Crippen molar-refractivity contribution in [2.75, 3.05) is 39.8 Å². The predicted molar refractivity (Wildman–Crippen MR) is 162 cm³/mol. The molecule has 0 N–H and O–H groups in total. The fraction of sp³-hybridized carbons (Fsp3) is 0.688. The van der Waals surface area contributed by atoms with E-state index in [-0.39, 0.29) is 32.0 Å². The van der Waals surface area contributed by atoms with Crippen molar-refractivity contribution < 1.29 is 28.7 Å². The van der Waals surface area contributed by atoms with Crippen molar-refractivity contribution in [2.24, 2.45) is 5.92 Å². The Kier molecular flexibility index (Phi) is 15.1. The van der Waals surface area contributed by atoms with E-state index in [1.54, 1.807) is 41.5 Å². The zero-order valence-electron chi connectivity index (χ0n) is 26.8. The van der Waals surface area contributed by atoms with Gasteiger partial charge in [-0.1, -0.05) is 44.2 Å². The first-order valence-electron chi connectivity index (χ1n) is 14.7. The van der Waals surface area contributed by atoms with Gasteiger partial charge in [0.05, 0.1) is 12.6 Å². The zero-order chi connectivity index (χ0) is 31.2. The highest BCUT2D eigenvalue weighted by molar-refractivity contribution is 5.82. The highest BCUT2D eigenvalue weighted by Gasteiger charge is 2.32. The molecule has 0 spiro atoms. The summed E-state index contributed by atoms with van der Waals surface area (Å²) < 4.78 is 11.2. The van der Waals surface area contributed by atoms with Crippen LogP contribution < -0.4 is 0 Å². The third-order valence-corrected chi connectivity index (χ3v) is 6.27. The van der Waals surface area contributed by atoms with Crippen molar-refractivity contribution in [3.63, 3.8) is 0 Å². The second-order valence-electron chi connectivity index (χ2n) is 13.1. The average Bonchev–Trinajstić information content (AvgIpc) is 2.85. The van der Waals surface area contributed by atoms with Crippen LogP contribution in [0.15, 0.2) is 30.3 Å². The second kappa shape index (κ2) is 17.1. The summed E-state index contributed by atoms with van der Waals surface area (Å²) in [4.78, 5) is 56.4. The number of aryl methyl sites for hydroxylation is 1. The van der Waals surface area contributed by atoms with E-state index < -0.39 is 29.3 Å². The molecular formula is C32H53N3O6. The van der Waals surface area contributed by atoms with E-state index in [9.17, 15) is 19.2 Å². The number of nitrogens with zero attached hydrogens (tertiary/aromatic N) is 3. The first-order valence-corrected chi connectivity index (χ1v) is 14.7. The Balaban J connectivity index is 3.28. The SMILES string of the molecule is CC(C)CCN(C)CCC(CN(CC(=O)OC(C)(C)C)C(=O)CCc1ccccc1)N(CC=O)C(=O)OC(C)(C)C. The third-order valence-electron chi connectivity index (χ3n) is 6.27. The maximum absolute atomic E-state index is 13.6. The summed E-state index contributed by atoms with van der Waals surface area (Å²) >= 11 is 0. The fourth-order valence-corrected chi connectivity index (χ4v) is 4.17. The predicted octanol–water partition coefficient (Wildman–Crippen LogP) is 4.96. The molecule has 0 aromatic heterocycles. The van der Waals surface area contributed by atoms with E-state index in [0.29, 0.717) is 31.6 Å². The lowest BCUT2D eigenvalue weighted by molar-refractivity contribution is -0.159. The summed E-state index contributed by atoms with van der Waals surface area (Å²) in [6.07, 6.45) is 2.24. The number of amides is 2. The summed E-state index contributed by atoms with van der Waals surface area (Å²) in [7, 11) is 2.01. The largest absolute Gasteiger partial charge is 0.459 e. The van der Waals surface area contributed by atoms with Gasteiger partial charge in [0.1, 0.15) is 24.0 Å². The van der Waals surface area contributed by atoms with E-state index in [1.165, 1.54) is 9.80 Å². The van der Waals surface area contributed by atoms with Crippen LogP contribution in [0.3, 0.4) is 0 Å². The minimum absolute atomic E-state index is 0.0674. The Morgan fingerprint density at radius 3 is 2.02 bits per heavy atom. The van der Waals surface area contributed by atoms with Crippen LogP contribution in [0, 0.1) is 5.92 Å². The lowest BCUT2D eigenvalue weighted by atomic mass is 10.1. The molecule has 0 radical (unpaired) electrons. The van der Waals surface area contributed by atoms with Crippen LogP contribution in [0.25, 0.3) is 0 Å². The van der Waals surface area contributed by atoms with Crippen LogP contribution in [0.5, 0.6) is 0 Å². The lowest BCUT2D eigenvalue weighted by Gasteiger charge is -2.36. The van der Waals surface area contributed by atoms with E-state index in [2.05, 4.69) is 18.7 Å². The number of ether oxygens (including phenoxy) is 2. The van der Waals surface area contributed by atoms with Gasteiger partial charge in [-0.05, 0) is 92.4 Å². The molecule has 0 aliphatic rings. The van der Waals surface area contributed by atoms with Crippen molar-refractivity contribution >= 4 is 24.3 Å². The van der Waals surface area contributed by atoms with Gasteiger partial charge in [0.2, 0.25) is 5.91 Å². The number of hydrogen-bond donors (Lipinski definition) is 0. The molecule has 0 saturated heterocycles. The molecule has 232 valence electrons. The van der Waals surface area contributed by atoms with E-state index in [1.807, 2.05) is 37.4 Å². The van der Waals surface area contributed by atoms with Crippen LogP contribution in [0.1, 0.15) is 80.2 Å². The van der Waals surface area contributed by atoms with Crippen molar-refractivity contribution in [2.45, 2.75) is 98.3 Å². The molecule has 0 bridgehead atoms. The number of rotatable bonds is 16. The molecule has 1 atom stereocenters. The number of hydrogen-bond acceptors (Lipinski definition) is 7. The topological polar surface area (TPSA) is 96.5 Å². The van der Waals surface area contributed by atoms with Crippen LogP contribution in [0.4, 0.5) is 4.79 Å². The molecule has 1 unspecified atom stereocenters. The van der Waals surface area contributed by atoms with Crippen molar-refractivity contribution in [1.82, 2.24) is 14.7 Å². The summed E-state index contributed by atoms with van der Waals surface area (Å²) in [6, 6.07) is 9.11. The summed E-state index contributed by atoms with van der Waals surface area (Å²) in [6.45, 7) is 16.1. The second-order valence-corrected chi connectivity index (χ2v) is 13.1. The fourth-order valence-electron chi connectivity index (χ4n) is 4.17. The van der Waals surface area contributed by atoms with Crippen molar-refractivity contribution in [1.29, 1.82) is 0 Å². The maximum Gasteiger partial charge on any atom is 0.410 e. The standard InChI is InChI=1S/C32H53N3O6/c1-25(2)17-19-33(9)20-18-27(35(21-22-36)30(39)41-32(6,7)8)23-34(24-29(38)40-31(3,4)5)28(37)16-15-26-13-11-10-12-14-26/h10-14,22,25,27H,15-21,23-24H2,1-9H3. The minimum atomic E-state index is -0.765. The number of carbonyl (C=O) groups excluding carboxylic acids is 4. The van der Waals surface area contributed by atoms with Gasteiger partial charge < -0.3 is 24.1 Å². The van der Waals surface area contributed by atoms with Gasteiger partial charge >= 0.3 is 12.1 Å². The van der Waals surface area contributed by atoms with E-state index in [4.69, 9.17) is 9.47 Å². The highest BCUT2D eigenvalue weighted by atomic mass is 16.6. The molecule has 0 aliphatic carbocycles. The zero-order valence-corrected chi connectivity index (χ0v) is 26.8. The van der Waals surface area contributed by atoms with Gasteiger partial charge in [0, 0.05) is 13.0 Å². The Labute approximate surface area is 247 Å². The van der Waals surface area contributed by atoms with Gasteiger partial charge in [0.25, 0.3) is 0 Å². The van der Waals surface area contributed by atoms with Crippen molar-refractivity contribution in [3.05, 3.63) is 35.9 Å². The number of carbonyl (C=O) groups is 4. The quantitative estimate of drug-likeness (QED) is 0.203. The summed E-state index contributed by atoms with van der Waals surface area (Å²) in [5.74, 6) is -0.209. The third kappa shape index (κ3) is 16.2. The Bertz CT molecular complexity index is 952. The smallest absolute Gasteiger partial charge is 0.410 e. The number of esters is 1. The first-order chi connectivity index (χ1) is 19.0. The molecule has 0 aliphatic heterocycles. The van der Waals surface area contributed by atoms with Gasteiger partial charge in [-0.2, -0.15) is 0 Å². The summed E-state index contributed by atoms with van der Waals surface area (Å²) in [5.41, 5.74) is -0.467. The molecule has 1 aromatic carbocycles. The summed E-state index contributed by atoms with van der Waals surface area (Å²) in [5, 5.41) is 0. The molecule has 41 heavy (non-hydrogen) atoms. The lowest BCUT2D eigenvalue weighted by Crippen LogP contribution is -2.52. The monoisotopic (exact) mass is 575 g/mol. The molecule has 0 fully saturated rings. The molecule has 9 nitrogen and oxygen atoms in total. The van der Waals surface area contributed by atoms with Gasteiger partial charge in [-0.3, -0.25) is 14.5 Å². The Morgan fingerprint density at radius 1 is 0.902 bits per heavy atom. The highest BCUT2D eigenvalue weighted by Crippen LogP contribution is 2.17. The first kappa shape index (κ1) is 36.1. The van der Waals surface area contributed by atoms with E-state index >= 15 is 0 Å². The van der Waals surface area contributed by atoms with Gasteiger partial charge in [-0.25, -0.2) is 4.79 Å². The van der Waals surface area contributed by atoms with Crippen LogP contribution >= 0.6 is 0 Å². The van der Waals surface area contributed by atoms with Gasteiger partial charge in [-0.15, -0.1) is 0 Å². The van der Waals surface area contributed by atoms with Crippen LogP contribution in [0.2, 0.25) is 0 Å². The molecule has 1 rings (SSSR count). The molecule has 0 saturated carbocycles. The molecule has 2 amide bonds. The molecule has 0 heterocycles. The minimum Gasteiger partial charge on any atom is -0.459 e. The number of benzene rings is 1. The van der Waals surface area contributed by atoms with Crippen LogP contribution in [-0.2, 0) is 30.3 Å². The Hall–Kier alpha value is -2.94. The van der Waals surface area contributed by atoms with Crippen LogP contribution in [-0.4, -0.2) is 96.0 Å². The van der Waals surface area contributed by atoms with E-state index in [0.717, 1.165) is 18.5 Å².